The Labute approximate surface area is 71.7 Å². The zero-order valence-corrected chi connectivity index (χ0v) is 7.54. The van der Waals surface area contributed by atoms with Gasteiger partial charge in [-0.1, -0.05) is 13.0 Å². The zero-order chi connectivity index (χ0) is 6.69. The first-order valence-corrected chi connectivity index (χ1v) is 4.01. The summed E-state index contributed by atoms with van der Waals surface area (Å²) in [7, 11) is 0. The van der Waals surface area contributed by atoms with Gasteiger partial charge in [-0.15, -0.1) is 23.7 Å². The van der Waals surface area contributed by atoms with Crippen molar-refractivity contribution in [3.05, 3.63) is 22.4 Å². The van der Waals surface area contributed by atoms with Crippen molar-refractivity contribution in [2.75, 3.05) is 0 Å². The highest BCUT2D eigenvalue weighted by molar-refractivity contribution is 7.10. The van der Waals surface area contributed by atoms with Gasteiger partial charge in [-0.25, -0.2) is 0 Å². The van der Waals surface area contributed by atoms with Crippen LogP contribution in [0.3, 0.4) is 0 Å². The predicted octanol–water partition coefficient (Wildman–Crippen LogP) is 2.58. The minimum absolute atomic E-state index is 0. The predicted molar refractivity (Wildman–Crippen MR) is 48.8 cm³/mol. The largest absolute Gasteiger partial charge is 0.323 e. The molecule has 0 amide bonds. The van der Waals surface area contributed by atoms with Crippen LogP contribution in [0.1, 0.15) is 24.3 Å². The Kier molecular flexibility index (Phi) is 4.69. The summed E-state index contributed by atoms with van der Waals surface area (Å²) in [5, 5.41) is 2.06. The van der Waals surface area contributed by atoms with Crippen LogP contribution in [-0.2, 0) is 0 Å². The molecule has 0 saturated heterocycles. The molecule has 3 heteroatoms. The van der Waals surface area contributed by atoms with Gasteiger partial charge in [0.05, 0.1) is 0 Å². The fourth-order valence-corrected chi connectivity index (χ4v) is 1.52. The van der Waals surface area contributed by atoms with Crippen LogP contribution in [0.4, 0.5) is 0 Å². The first kappa shape index (κ1) is 9.95. The summed E-state index contributed by atoms with van der Waals surface area (Å²) < 4.78 is 0. The molecule has 0 bridgehead atoms. The van der Waals surface area contributed by atoms with Crippen molar-refractivity contribution in [3.8, 4) is 0 Å². The molecular formula is C7H12ClNS. The molecule has 1 atom stereocenters. The zero-order valence-electron chi connectivity index (χ0n) is 5.91. The minimum atomic E-state index is 0. The first-order chi connectivity index (χ1) is 4.34. The Morgan fingerprint density at radius 3 is 2.80 bits per heavy atom. The maximum Gasteiger partial charge on any atom is 0.0387 e. The quantitative estimate of drug-likeness (QED) is 0.739. The molecule has 0 aliphatic heterocycles. The molecule has 1 aromatic rings. The highest BCUT2D eigenvalue weighted by Crippen LogP contribution is 2.18. The van der Waals surface area contributed by atoms with E-state index in [0.717, 1.165) is 6.42 Å². The van der Waals surface area contributed by atoms with Gasteiger partial charge in [0, 0.05) is 10.9 Å². The van der Waals surface area contributed by atoms with Crippen LogP contribution in [0.2, 0.25) is 0 Å². The Bertz CT molecular complexity index is 162. The van der Waals surface area contributed by atoms with Gasteiger partial charge in [-0.3, -0.25) is 0 Å². The van der Waals surface area contributed by atoms with E-state index in [0.29, 0.717) is 0 Å². The van der Waals surface area contributed by atoms with Gasteiger partial charge in [0.15, 0.2) is 0 Å². The van der Waals surface area contributed by atoms with Gasteiger partial charge in [0.2, 0.25) is 0 Å². The third-order valence-corrected chi connectivity index (χ3v) is 2.35. The summed E-state index contributed by atoms with van der Waals surface area (Å²) >= 11 is 1.73. The third-order valence-electron chi connectivity index (χ3n) is 1.35. The second-order valence-corrected chi connectivity index (χ2v) is 3.01. The van der Waals surface area contributed by atoms with Crippen molar-refractivity contribution in [2.24, 2.45) is 5.73 Å². The number of halogens is 1. The van der Waals surface area contributed by atoms with Crippen molar-refractivity contribution in [2.45, 2.75) is 19.4 Å². The molecule has 1 unspecified atom stereocenters. The number of thiophene rings is 1. The van der Waals surface area contributed by atoms with Crippen molar-refractivity contribution in [1.82, 2.24) is 0 Å². The molecule has 0 saturated carbocycles. The maximum atomic E-state index is 5.75. The third kappa shape index (κ3) is 2.29. The lowest BCUT2D eigenvalue weighted by Gasteiger charge is -2.02. The highest BCUT2D eigenvalue weighted by atomic mass is 35.5. The van der Waals surface area contributed by atoms with Gasteiger partial charge < -0.3 is 5.73 Å². The summed E-state index contributed by atoms with van der Waals surface area (Å²) in [4.78, 5) is 1.29. The summed E-state index contributed by atoms with van der Waals surface area (Å²) in [6, 6.07) is 4.37. The molecule has 0 aromatic carbocycles. The summed E-state index contributed by atoms with van der Waals surface area (Å²) in [5.74, 6) is 0. The van der Waals surface area contributed by atoms with Gasteiger partial charge in [0.25, 0.3) is 0 Å². The van der Waals surface area contributed by atoms with Crippen LogP contribution in [-0.4, -0.2) is 0 Å². The van der Waals surface area contributed by atoms with E-state index in [-0.39, 0.29) is 18.4 Å². The Hall–Kier alpha value is -0.0500. The molecular weight excluding hydrogens is 166 g/mol. The fraction of sp³-hybridized carbons (Fsp3) is 0.429. The van der Waals surface area contributed by atoms with Crippen molar-refractivity contribution < 1.29 is 0 Å². The highest BCUT2D eigenvalue weighted by Gasteiger charge is 2.01. The van der Waals surface area contributed by atoms with E-state index in [1.807, 2.05) is 6.07 Å². The molecule has 0 aliphatic rings. The molecule has 10 heavy (non-hydrogen) atoms. The molecule has 1 aromatic heterocycles. The van der Waals surface area contributed by atoms with Crippen LogP contribution in [0.15, 0.2) is 17.5 Å². The average Bonchev–Trinajstić information content (AvgIpc) is 2.37. The smallest absolute Gasteiger partial charge is 0.0387 e. The maximum absolute atomic E-state index is 5.75. The Morgan fingerprint density at radius 2 is 2.40 bits per heavy atom. The van der Waals surface area contributed by atoms with Crippen molar-refractivity contribution in [3.63, 3.8) is 0 Å². The molecule has 0 spiro atoms. The molecule has 1 rings (SSSR count). The number of rotatable bonds is 2. The Morgan fingerprint density at radius 1 is 1.70 bits per heavy atom. The molecule has 1 heterocycles. The van der Waals surface area contributed by atoms with E-state index < -0.39 is 0 Å². The van der Waals surface area contributed by atoms with Gasteiger partial charge >= 0.3 is 0 Å². The first-order valence-electron chi connectivity index (χ1n) is 3.13. The molecule has 0 fully saturated rings. The molecule has 58 valence electrons. The van der Waals surface area contributed by atoms with E-state index in [1.165, 1.54) is 4.88 Å². The van der Waals surface area contributed by atoms with E-state index in [9.17, 15) is 0 Å². The lowest BCUT2D eigenvalue weighted by Crippen LogP contribution is -2.05. The SMILES string of the molecule is CCC(N)c1cccs1.Cl. The normalized spacial score (nSPS) is 12.2. The molecule has 0 radical (unpaired) electrons. The number of hydrogen-bond donors (Lipinski definition) is 1. The number of nitrogens with two attached hydrogens (primary N) is 1. The fourth-order valence-electron chi connectivity index (χ4n) is 0.703. The van der Waals surface area contributed by atoms with E-state index in [1.54, 1.807) is 11.3 Å². The lowest BCUT2D eigenvalue weighted by atomic mass is 10.2. The van der Waals surface area contributed by atoms with Crippen LogP contribution in [0, 0.1) is 0 Å². The lowest BCUT2D eigenvalue weighted by molar-refractivity contribution is 0.712. The topological polar surface area (TPSA) is 26.0 Å². The van der Waals surface area contributed by atoms with E-state index in [4.69, 9.17) is 5.73 Å². The van der Waals surface area contributed by atoms with Gasteiger partial charge in [0.1, 0.15) is 0 Å². The van der Waals surface area contributed by atoms with Gasteiger partial charge in [-0.05, 0) is 17.9 Å². The molecule has 1 nitrogen and oxygen atoms in total. The summed E-state index contributed by atoms with van der Waals surface area (Å²) in [5.41, 5.74) is 5.75. The van der Waals surface area contributed by atoms with Gasteiger partial charge in [-0.2, -0.15) is 0 Å². The monoisotopic (exact) mass is 177 g/mol. The van der Waals surface area contributed by atoms with Crippen LogP contribution >= 0.6 is 23.7 Å². The summed E-state index contributed by atoms with van der Waals surface area (Å²) in [6.45, 7) is 2.10. The second-order valence-electron chi connectivity index (χ2n) is 2.03. The number of hydrogen-bond acceptors (Lipinski definition) is 2. The minimum Gasteiger partial charge on any atom is -0.323 e. The van der Waals surface area contributed by atoms with Crippen LogP contribution in [0.25, 0.3) is 0 Å². The van der Waals surface area contributed by atoms with Crippen molar-refractivity contribution >= 4 is 23.7 Å². The average molecular weight is 178 g/mol. The van der Waals surface area contributed by atoms with E-state index >= 15 is 0 Å². The standard InChI is InChI=1S/C7H11NS.ClH/c1-2-6(8)7-4-3-5-9-7;/h3-6H,2,8H2,1H3;1H. The van der Waals surface area contributed by atoms with Crippen LogP contribution < -0.4 is 5.73 Å². The summed E-state index contributed by atoms with van der Waals surface area (Å²) in [6.07, 6.45) is 1.03. The van der Waals surface area contributed by atoms with Crippen LogP contribution in [0.5, 0.6) is 0 Å². The Balaban J connectivity index is 0.000000810. The second kappa shape index (κ2) is 4.72. The van der Waals surface area contributed by atoms with Crippen molar-refractivity contribution in [1.29, 1.82) is 0 Å². The molecule has 0 aliphatic carbocycles. The molecule has 2 N–H and O–H groups in total. The van der Waals surface area contributed by atoms with E-state index in [2.05, 4.69) is 18.4 Å².